The Morgan fingerprint density at radius 1 is 1.50 bits per heavy atom. The topological polar surface area (TPSA) is 133 Å². The molecule has 0 spiro atoms. The van der Waals surface area contributed by atoms with Gasteiger partial charge in [-0.05, 0) is 16.5 Å². The average molecular weight is 344 g/mol. The zero-order valence-corrected chi connectivity index (χ0v) is 12.8. The van der Waals surface area contributed by atoms with Gasteiger partial charge >= 0.3 is 5.97 Å². The number of carbonyl (C=O) groups is 2. The molecule has 0 bridgehead atoms. The van der Waals surface area contributed by atoms with Crippen molar-refractivity contribution in [2.45, 2.75) is 5.16 Å². The van der Waals surface area contributed by atoms with Gasteiger partial charge in [-0.2, -0.15) is 4.68 Å². The van der Waals surface area contributed by atoms with Crippen molar-refractivity contribution in [3.8, 4) is 11.4 Å². The lowest BCUT2D eigenvalue weighted by molar-refractivity contribution is -0.115. The maximum absolute atomic E-state index is 11.1. The minimum Gasteiger partial charge on any atom is -0.496 e. The van der Waals surface area contributed by atoms with Crippen molar-refractivity contribution >= 4 is 35.2 Å². The second-order valence-electron chi connectivity index (χ2n) is 3.94. The van der Waals surface area contributed by atoms with Gasteiger partial charge < -0.3 is 15.6 Å². The molecule has 22 heavy (non-hydrogen) atoms. The number of ether oxygens (including phenoxy) is 1. The van der Waals surface area contributed by atoms with E-state index in [2.05, 4.69) is 15.5 Å². The van der Waals surface area contributed by atoms with E-state index < -0.39 is 11.9 Å². The highest BCUT2D eigenvalue weighted by molar-refractivity contribution is 7.99. The summed E-state index contributed by atoms with van der Waals surface area (Å²) in [4.78, 5) is 22.0. The van der Waals surface area contributed by atoms with Gasteiger partial charge in [-0.15, -0.1) is 5.10 Å². The van der Waals surface area contributed by atoms with Crippen molar-refractivity contribution in [3.05, 3.63) is 22.7 Å². The van der Waals surface area contributed by atoms with Crippen LogP contribution >= 0.6 is 23.4 Å². The number of tetrazole rings is 1. The maximum atomic E-state index is 11.1. The first-order valence-electron chi connectivity index (χ1n) is 5.74. The summed E-state index contributed by atoms with van der Waals surface area (Å²) in [5.41, 5.74) is 5.31. The number of primary amides is 1. The van der Waals surface area contributed by atoms with Crippen LogP contribution in [-0.4, -0.2) is 50.1 Å². The Labute approximate surface area is 133 Å². The second kappa shape index (κ2) is 6.62. The summed E-state index contributed by atoms with van der Waals surface area (Å²) in [6, 6.07) is 2.64. The number of nitrogens with zero attached hydrogens (tertiary/aromatic N) is 4. The third-order valence-corrected chi connectivity index (χ3v) is 3.76. The van der Waals surface area contributed by atoms with Crippen molar-refractivity contribution < 1.29 is 19.4 Å². The molecular formula is C11H10ClN5O4S. The van der Waals surface area contributed by atoms with Gasteiger partial charge in [0, 0.05) is 6.07 Å². The molecule has 116 valence electrons. The maximum Gasteiger partial charge on any atom is 0.339 e. The third-order valence-electron chi connectivity index (χ3n) is 2.51. The molecule has 0 fully saturated rings. The number of hydrogen-bond donors (Lipinski definition) is 2. The summed E-state index contributed by atoms with van der Waals surface area (Å²) in [6.45, 7) is 0. The van der Waals surface area contributed by atoms with Gasteiger partial charge in [0.25, 0.3) is 0 Å². The monoisotopic (exact) mass is 343 g/mol. The summed E-state index contributed by atoms with van der Waals surface area (Å²) in [5, 5.41) is 20.5. The lowest BCUT2D eigenvalue weighted by atomic mass is 10.2. The van der Waals surface area contributed by atoms with Crippen molar-refractivity contribution in [2.24, 2.45) is 5.73 Å². The molecule has 0 aliphatic rings. The number of methoxy groups -OCH3 is 1. The minimum atomic E-state index is -1.18. The first-order valence-corrected chi connectivity index (χ1v) is 7.11. The molecule has 0 aliphatic heterocycles. The van der Waals surface area contributed by atoms with Crippen molar-refractivity contribution in [2.75, 3.05) is 12.9 Å². The number of amides is 1. The fraction of sp³-hybridized carbons (Fsp3) is 0.182. The molecule has 11 heteroatoms. The number of halogens is 1. The third kappa shape index (κ3) is 3.28. The molecule has 0 unspecified atom stereocenters. The van der Waals surface area contributed by atoms with Gasteiger partial charge in [0.15, 0.2) is 0 Å². The fourth-order valence-corrected chi connectivity index (χ4v) is 2.46. The molecule has 1 aromatic carbocycles. The van der Waals surface area contributed by atoms with Crippen LogP contribution in [0.25, 0.3) is 5.69 Å². The van der Waals surface area contributed by atoms with Gasteiger partial charge in [-0.1, -0.05) is 23.4 Å². The van der Waals surface area contributed by atoms with Crippen LogP contribution in [0, 0.1) is 0 Å². The van der Waals surface area contributed by atoms with Gasteiger partial charge in [0.2, 0.25) is 11.1 Å². The molecule has 0 saturated carbocycles. The number of carboxylic acids is 1. The largest absolute Gasteiger partial charge is 0.496 e. The van der Waals surface area contributed by atoms with Gasteiger partial charge in [-0.3, -0.25) is 4.79 Å². The van der Waals surface area contributed by atoms with Crippen LogP contribution in [-0.2, 0) is 4.79 Å². The number of rotatable bonds is 6. The summed E-state index contributed by atoms with van der Waals surface area (Å²) in [5.74, 6) is -1.61. The molecule has 0 radical (unpaired) electrons. The molecule has 2 aromatic rings. The minimum absolute atomic E-state index is 0.0116. The summed E-state index contributed by atoms with van der Waals surface area (Å²) >= 11 is 7.12. The van der Waals surface area contributed by atoms with E-state index in [0.717, 1.165) is 11.8 Å². The Morgan fingerprint density at radius 2 is 2.23 bits per heavy atom. The molecule has 2 rings (SSSR count). The van der Waals surface area contributed by atoms with Crippen LogP contribution in [0.1, 0.15) is 10.4 Å². The first-order chi connectivity index (χ1) is 10.4. The number of carboxylic acid groups (broad SMARTS) is 1. The quantitative estimate of drug-likeness (QED) is 0.728. The predicted molar refractivity (Wildman–Crippen MR) is 77.6 cm³/mol. The smallest absolute Gasteiger partial charge is 0.339 e. The van der Waals surface area contributed by atoms with Crippen LogP contribution in [0.15, 0.2) is 17.3 Å². The number of hydrogen-bond acceptors (Lipinski definition) is 7. The van der Waals surface area contributed by atoms with Crippen LogP contribution in [0.4, 0.5) is 0 Å². The van der Waals surface area contributed by atoms with E-state index >= 15 is 0 Å². The number of aromatic nitrogens is 4. The Morgan fingerprint density at radius 3 is 2.82 bits per heavy atom. The van der Waals surface area contributed by atoms with Gasteiger partial charge in [-0.25, -0.2) is 4.79 Å². The summed E-state index contributed by atoms with van der Waals surface area (Å²) in [7, 11) is 1.34. The molecule has 0 saturated heterocycles. The Hall–Kier alpha value is -2.33. The fourth-order valence-electron chi connectivity index (χ4n) is 1.60. The van der Waals surface area contributed by atoms with Crippen molar-refractivity contribution in [1.29, 1.82) is 0 Å². The van der Waals surface area contributed by atoms with Crippen LogP contribution in [0.5, 0.6) is 5.75 Å². The number of benzene rings is 1. The van der Waals surface area contributed by atoms with Gasteiger partial charge in [0.05, 0.1) is 23.6 Å². The SMILES string of the molecule is COc1cc(-n2nnnc2SCC(N)=O)c(Cl)cc1C(=O)O. The summed E-state index contributed by atoms with van der Waals surface area (Å²) < 4.78 is 6.30. The van der Waals surface area contributed by atoms with E-state index in [0.29, 0.717) is 5.69 Å². The van der Waals surface area contributed by atoms with E-state index in [9.17, 15) is 9.59 Å². The lowest BCUT2D eigenvalue weighted by Crippen LogP contribution is -2.14. The Balaban J connectivity index is 2.47. The second-order valence-corrected chi connectivity index (χ2v) is 5.29. The zero-order chi connectivity index (χ0) is 16.3. The Kier molecular flexibility index (Phi) is 4.83. The van der Waals surface area contributed by atoms with Gasteiger partial charge in [0.1, 0.15) is 11.3 Å². The Bertz CT molecular complexity index is 735. The van der Waals surface area contributed by atoms with E-state index in [1.54, 1.807) is 0 Å². The molecule has 0 aliphatic carbocycles. The molecular weight excluding hydrogens is 334 g/mol. The number of carbonyl (C=O) groups excluding carboxylic acids is 1. The first kappa shape index (κ1) is 16.0. The van der Waals surface area contributed by atoms with Crippen LogP contribution < -0.4 is 10.5 Å². The standard InChI is InChI=1S/C11H10ClN5O4S/c1-21-8-3-7(6(12)2-5(8)10(19)20)17-11(14-15-16-17)22-4-9(13)18/h2-3H,4H2,1H3,(H2,13,18)(H,19,20). The summed E-state index contributed by atoms with van der Waals surface area (Å²) in [6.07, 6.45) is 0. The van der Waals surface area contributed by atoms with Crippen molar-refractivity contribution in [3.63, 3.8) is 0 Å². The van der Waals surface area contributed by atoms with E-state index in [4.69, 9.17) is 27.2 Å². The molecule has 1 amide bonds. The molecule has 3 N–H and O–H groups in total. The molecule has 1 aromatic heterocycles. The van der Waals surface area contributed by atoms with E-state index in [-0.39, 0.29) is 27.2 Å². The average Bonchev–Trinajstić information content (AvgIpc) is 2.92. The molecule has 0 atom stereocenters. The van der Waals surface area contributed by atoms with Crippen LogP contribution in [0.2, 0.25) is 5.02 Å². The number of thioether (sulfide) groups is 1. The van der Waals surface area contributed by atoms with Crippen molar-refractivity contribution in [1.82, 2.24) is 20.2 Å². The molecule has 1 heterocycles. The number of nitrogens with two attached hydrogens (primary N) is 1. The lowest BCUT2D eigenvalue weighted by Gasteiger charge is -2.10. The number of aromatic carboxylic acids is 1. The highest BCUT2D eigenvalue weighted by atomic mass is 35.5. The van der Waals surface area contributed by atoms with E-state index in [1.807, 2.05) is 0 Å². The van der Waals surface area contributed by atoms with E-state index in [1.165, 1.54) is 23.9 Å². The molecule has 9 nitrogen and oxygen atoms in total. The predicted octanol–water partition coefficient (Wildman–Crippen LogP) is 0.600. The highest BCUT2D eigenvalue weighted by Crippen LogP contribution is 2.31. The zero-order valence-electron chi connectivity index (χ0n) is 11.2. The highest BCUT2D eigenvalue weighted by Gasteiger charge is 2.19. The normalized spacial score (nSPS) is 10.5. The van der Waals surface area contributed by atoms with Crippen LogP contribution in [0.3, 0.4) is 0 Å².